The zero-order valence-electron chi connectivity index (χ0n) is 13.4. The zero-order valence-corrected chi connectivity index (χ0v) is 13.4. The van der Waals surface area contributed by atoms with E-state index in [4.69, 9.17) is 0 Å². The fourth-order valence-corrected chi connectivity index (χ4v) is 2.10. The Morgan fingerprint density at radius 3 is 2.15 bits per heavy atom. The van der Waals surface area contributed by atoms with Gasteiger partial charge < -0.3 is 10.6 Å². The second-order valence-electron chi connectivity index (χ2n) is 5.38. The van der Waals surface area contributed by atoms with E-state index in [2.05, 4.69) is 5.32 Å². The molecular formula is C17H12F6N2O2. The summed E-state index contributed by atoms with van der Waals surface area (Å²) in [5, 5.41) is 3.89. The lowest BCUT2D eigenvalue weighted by Gasteiger charge is -2.13. The summed E-state index contributed by atoms with van der Waals surface area (Å²) in [6, 6.07) is 8.78. The lowest BCUT2D eigenvalue weighted by atomic mass is 10.1. The first kappa shape index (κ1) is 20.3. The molecule has 0 aliphatic carbocycles. The molecule has 0 atom stereocenters. The average Bonchev–Trinajstić information content (AvgIpc) is 2.59. The largest absolute Gasteiger partial charge is 0.416 e. The molecule has 0 spiro atoms. The minimum atomic E-state index is -4.65. The molecule has 2 aromatic carbocycles. The van der Waals surface area contributed by atoms with Crippen molar-refractivity contribution < 1.29 is 35.9 Å². The van der Waals surface area contributed by atoms with Crippen molar-refractivity contribution in [1.29, 1.82) is 0 Å². The summed E-state index contributed by atoms with van der Waals surface area (Å²) in [5.41, 5.74) is -1.76. The predicted octanol–water partition coefficient (Wildman–Crippen LogP) is 4.25. The fourth-order valence-electron chi connectivity index (χ4n) is 2.10. The Morgan fingerprint density at radius 2 is 1.52 bits per heavy atom. The van der Waals surface area contributed by atoms with Crippen LogP contribution in [-0.2, 0) is 6.18 Å². The van der Waals surface area contributed by atoms with Crippen LogP contribution in [0.2, 0.25) is 0 Å². The van der Waals surface area contributed by atoms with Gasteiger partial charge in [-0.3, -0.25) is 9.59 Å². The van der Waals surface area contributed by atoms with Crippen LogP contribution in [0, 0.1) is 0 Å². The normalized spacial score (nSPS) is 11.8. The molecule has 0 aromatic heterocycles. The Kier molecular flexibility index (Phi) is 5.77. The first-order valence-electron chi connectivity index (χ1n) is 7.40. The van der Waals surface area contributed by atoms with Gasteiger partial charge in [0.1, 0.15) is 6.54 Å². The van der Waals surface area contributed by atoms with Gasteiger partial charge in [-0.25, -0.2) is 0 Å². The molecule has 0 heterocycles. The number of alkyl halides is 6. The van der Waals surface area contributed by atoms with Gasteiger partial charge in [0, 0.05) is 5.56 Å². The number of amides is 2. The molecular weight excluding hydrogens is 378 g/mol. The molecule has 2 aromatic rings. The second-order valence-corrected chi connectivity index (χ2v) is 5.38. The van der Waals surface area contributed by atoms with Gasteiger partial charge in [0.25, 0.3) is 11.8 Å². The molecule has 0 aliphatic rings. The highest BCUT2D eigenvalue weighted by Crippen LogP contribution is 2.29. The lowest BCUT2D eigenvalue weighted by molar-refractivity contribution is -0.137. The molecule has 0 unspecified atom stereocenters. The van der Waals surface area contributed by atoms with Crippen molar-refractivity contribution in [2.24, 2.45) is 0 Å². The van der Waals surface area contributed by atoms with Gasteiger partial charge in [0.15, 0.2) is 0 Å². The quantitative estimate of drug-likeness (QED) is 0.767. The number of carbonyl (C=O) groups excluding carboxylic acids is 2. The van der Waals surface area contributed by atoms with Crippen molar-refractivity contribution in [3.63, 3.8) is 0 Å². The van der Waals surface area contributed by atoms with Crippen molar-refractivity contribution >= 4 is 17.5 Å². The Labute approximate surface area is 149 Å². The smallest absolute Gasteiger partial charge is 0.343 e. The van der Waals surface area contributed by atoms with Crippen molar-refractivity contribution in [2.75, 3.05) is 11.9 Å². The average molecular weight is 390 g/mol. The van der Waals surface area contributed by atoms with Crippen LogP contribution in [-0.4, -0.2) is 24.5 Å². The maximum atomic E-state index is 12.7. The number of benzene rings is 2. The summed E-state index contributed by atoms with van der Waals surface area (Å²) in [6.45, 7) is -1.57. The van der Waals surface area contributed by atoms with E-state index in [1.165, 1.54) is 24.3 Å². The Hall–Kier alpha value is -3.04. The number of halogens is 6. The van der Waals surface area contributed by atoms with E-state index in [9.17, 15) is 35.9 Å². The Morgan fingerprint density at radius 1 is 0.852 bits per heavy atom. The van der Waals surface area contributed by atoms with Crippen LogP contribution >= 0.6 is 0 Å². The van der Waals surface area contributed by atoms with Crippen LogP contribution in [0.4, 0.5) is 32.0 Å². The highest BCUT2D eigenvalue weighted by atomic mass is 19.4. The number of hydrogen-bond acceptors (Lipinski definition) is 2. The van der Waals surface area contributed by atoms with E-state index < -0.39 is 36.3 Å². The summed E-state index contributed by atoms with van der Waals surface area (Å²) >= 11 is 0. The maximum absolute atomic E-state index is 12.7. The molecule has 2 rings (SSSR count). The van der Waals surface area contributed by atoms with Gasteiger partial charge in [-0.05, 0) is 30.3 Å². The van der Waals surface area contributed by atoms with Gasteiger partial charge in [-0.1, -0.05) is 18.2 Å². The second kappa shape index (κ2) is 7.68. The van der Waals surface area contributed by atoms with E-state index >= 15 is 0 Å². The van der Waals surface area contributed by atoms with Crippen molar-refractivity contribution in [1.82, 2.24) is 5.32 Å². The van der Waals surface area contributed by atoms with E-state index in [0.717, 1.165) is 18.2 Å². The summed E-state index contributed by atoms with van der Waals surface area (Å²) in [7, 11) is 0. The molecule has 0 aliphatic heterocycles. The van der Waals surface area contributed by atoms with Gasteiger partial charge in [0.2, 0.25) is 0 Å². The van der Waals surface area contributed by atoms with Crippen LogP contribution in [0.25, 0.3) is 0 Å². The van der Waals surface area contributed by atoms with E-state index in [-0.39, 0.29) is 16.8 Å². The van der Waals surface area contributed by atoms with Gasteiger partial charge in [-0.2, -0.15) is 26.3 Å². The fraction of sp³-hybridized carbons (Fsp3) is 0.176. The van der Waals surface area contributed by atoms with Crippen molar-refractivity contribution in [3.05, 3.63) is 65.2 Å². The third-order valence-electron chi connectivity index (χ3n) is 3.32. The van der Waals surface area contributed by atoms with Gasteiger partial charge in [0.05, 0.1) is 16.8 Å². The van der Waals surface area contributed by atoms with Crippen molar-refractivity contribution in [3.8, 4) is 0 Å². The minimum absolute atomic E-state index is 0.139. The van der Waals surface area contributed by atoms with Crippen LogP contribution in [0.1, 0.15) is 26.3 Å². The molecule has 27 heavy (non-hydrogen) atoms. The molecule has 2 amide bonds. The predicted molar refractivity (Wildman–Crippen MR) is 84.2 cm³/mol. The standard InChI is InChI=1S/C17H12F6N2O2/c18-16(19,20)9-24-15(27)12-6-1-2-7-13(12)25-14(26)10-4-3-5-11(8-10)17(21,22)23/h1-8H,9H2,(H,24,27)(H,25,26). The van der Waals surface area contributed by atoms with Crippen LogP contribution in [0.3, 0.4) is 0 Å². The highest BCUT2D eigenvalue weighted by Gasteiger charge is 2.31. The molecule has 10 heteroatoms. The first-order chi connectivity index (χ1) is 12.5. The summed E-state index contributed by atoms with van der Waals surface area (Å²) in [5.74, 6) is -2.04. The molecule has 2 N–H and O–H groups in total. The minimum Gasteiger partial charge on any atom is -0.343 e. The number of anilines is 1. The molecule has 0 bridgehead atoms. The van der Waals surface area contributed by atoms with E-state index in [1.807, 2.05) is 0 Å². The van der Waals surface area contributed by atoms with Gasteiger partial charge >= 0.3 is 12.4 Å². The van der Waals surface area contributed by atoms with Crippen LogP contribution < -0.4 is 10.6 Å². The third-order valence-corrected chi connectivity index (χ3v) is 3.32. The Bertz CT molecular complexity index is 846. The number of hydrogen-bond donors (Lipinski definition) is 2. The van der Waals surface area contributed by atoms with E-state index in [1.54, 1.807) is 5.32 Å². The van der Waals surface area contributed by atoms with Crippen molar-refractivity contribution in [2.45, 2.75) is 12.4 Å². The zero-order chi connectivity index (χ0) is 20.2. The SMILES string of the molecule is O=C(Nc1ccccc1C(=O)NCC(F)(F)F)c1cccc(C(F)(F)F)c1. The summed E-state index contributed by atoms with van der Waals surface area (Å²) < 4.78 is 74.9. The highest BCUT2D eigenvalue weighted by molar-refractivity contribution is 6.09. The molecule has 0 fully saturated rings. The third kappa shape index (κ3) is 5.73. The topological polar surface area (TPSA) is 58.2 Å². The van der Waals surface area contributed by atoms with Gasteiger partial charge in [-0.15, -0.1) is 0 Å². The lowest BCUT2D eigenvalue weighted by Crippen LogP contribution is -2.34. The maximum Gasteiger partial charge on any atom is 0.416 e. The number of nitrogens with one attached hydrogen (secondary N) is 2. The molecule has 0 saturated heterocycles. The summed E-state index contributed by atoms with van der Waals surface area (Å²) in [4.78, 5) is 24.1. The first-order valence-corrected chi connectivity index (χ1v) is 7.40. The van der Waals surface area contributed by atoms with Crippen LogP contribution in [0.15, 0.2) is 48.5 Å². The molecule has 144 valence electrons. The number of rotatable bonds is 4. The number of carbonyl (C=O) groups is 2. The Balaban J connectivity index is 2.21. The molecule has 0 saturated carbocycles. The molecule has 4 nitrogen and oxygen atoms in total. The van der Waals surface area contributed by atoms with E-state index in [0.29, 0.717) is 6.07 Å². The number of para-hydroxylation sites is 1. The summed E-state index contributed by atoms with van der Waals surface area (Å²) in [6.07, 6.45) is -9.27. The monoisotopic (exact) mass is 390 g/mol. The molecule has 0 radical (unpaired) electrons. The van der Waals surface area contributed by atoms with Crippen LogP contribution in [0.5, 0.6) is 0 Å².